The van der Waals surface area contributed by atoms with Gasteiger partial charge in [0.2, 0.25) is 0 Å². The summed E-state index contributed by atoms with van der Waals surface area (Å²) in [4.78, 5) is 21.0. The van der Waals surface area contributed by atoms with Crippen LogP contribution >= 0.6 is 0 Å². The second-order valence-corrected chi connectivity index (χ2v) is 5.28. The Bertz CT molecular complexity index is 451. The standard InChI is InChI=1S/C14H24N4O/c1-3-8-18(10-12-6-4-5-7-15-12)13-9-14(19)17-11(2)16-13/h9,12,15H,3-8,10H2,1-2H3,(H,16,17,19). The maximum Gasteiger partial charge on any atom is 0.252 e. The van der Waals surface area contributed by atoms with Crippen LogP contribution in [-0.2, 0) is 0 Å². The number of nitrogens with one attached hydrogen (secondary N) is 2. The molecule has 5 heteroatoms. The second kappa shape index (κ2) is 6.70. The molecule has 1 saturated heterocycles. The van der Waals surface area contributed by atoms with Crippen LogP contribution in [0.2, 0.25) is 0 Å². The van der Waals surface area contributed by atoms with E-state index in [4.69, 9.17) is 0 Å². The predicted molar refractivity (Wildman–Crippen MR) is 77.7 cm³/mol. The van der Waals surface area contributed by atoms with Crippen molar-refractivity contribution in [2.45, 2.75) is 45.6 Å². The molecule has 0 bridgehead atoms. The van der Waals surface area contributed by atoms with E-state index in [2.05, 4.69) is 27.1 Å². The first-order valence-corrected chi connectivity index (χ1v) is 7.25. The average molecular weight is 264 g/mol. The molecule has 1 atom stereocenters. The minimum absolute atomic E-state index is 0.0693. The monoisotopic (exact) mass is 264 g/mol. The van der Waals surface area contributed by atoms with Crippen LogP contribution in [0.1, 0.15) is 38.4 Å². The van der Waals surface area contributed by atoms with Gasteiger partial charge < -0.3 is 15.2 Å². The highest BCUT2D eigenvalue weighted by atomic mass is 16.1. The third-order valence-electron chi connectivity index (χ3n) is 3.52. The van der Waals surface area contributed by atoms with Gasteiger partial charge in [0, 0.05) is 25.2 Å². The van der Waals surface area contributed by atoms with Crippen LogP contribution < -0.4 is 15.8 Å². The van der Waals surface area contributed by atoms with Crippen molar-refractivity contribution in [3.05, 3.63) is 22.2 Å². The maximum atomic E-state index is 11.6. The number of hydrogen-bond acceptors (Lipinski definition) is 4. The van der Waals surface area contributed by atoms with Gasteiger partial charge in [-0.1, -0.05) is 13.3 Å². The van der Waals surface area contributed by atoms with Crippen LogP contribution in [0.4, 0.5) is 5.82 Å². The van der Waals surface area contributed by atoms with E-state index in [0.29, 0.717) is 11.9 Å². The van der Waals surface area contributed by atoms with Gasteiger partial charge in [-0.2, -0.15) is 0 Å². The molecule has 0 aromatic carbocycles. The van der Waals surface area contributed by atoms with Crippen molar-refractivity contribution < 1.29 is 0 Å². The molecule has 1 aromatic heterocycles. The summed E-state index contributed by atoms with van der Waals surface area (Å²) in [6.07, 6.45) is 4.83. The molecule has 2 N–H and O–H groups in total. The first kappa shape index (κ1) is 14.1. The lowest BCUT2D eigenvalue weighted by Gasteiger charge is -2.31. The van der Waals surface area contributed by atoms with Gasteiger partial charge in [0.15, 0.2) is 0 Å². The number of rotatable bonds is 5. The maximum absolute atomic E-state index is 11.6. The van der Waals surface area contributed by atoms with Gasteiger partial charge in [0.1, 0.15) is 11.6 Å². The van der Waals surface area contributed by atoms with Crippen LogP contribution in [-0.4, -0.2) is 35.6 Å². The molecule has 1 aliphatic heterocycles. The Morgan fingerprint density at radius 2 is 2.32 bits per heavy atom. The van der Waals surface area contributed by atoms with E-state index < -0.39 is 0 Å². The lowest BCUT2D eigenvalue weighted by Crippen LogP contribution is -2.44. The first-order valence-electron chi connectivity index (χ1n) is 7.25. The van der Waals surface area contributed by atoms with E-state index in [1.807, 2.05) is 6.92 Å². The lowest BCUT2D eigenvalue weighted by atomic mass is 10.0. The molecular formula is C14H24N4O. The van der Waals surface area contributed by atoms with E-state index in [0.717, 1.165) is 31.9 Å². The van der Waals surface area contributed by atoms with Gasteiger partial charge in [-0.15, -0.1) is 0 Å². The van der Waals surface area contributed by atoms with Gasteiger partial charge in [-0.05, 0) is 32.7 Å². The minimum Gasteiger partial charge on any atom is -0.355 e. The molecule has 19 heavy (non-hydrogen) atoms. The summed E-state index contributed by atoms with van der Waals surface area (Å²) in [5.41, 5.74) is -0.0693. The average Bonchev–Trinajstić information content (AvgIpc) is 2.38. The van der Waals surface area contributed by atoms with Gasteiger partial charge in [-0.25, -0.2) is 4.98 Å². The molecule has 5 nitrogen and oxygen atoms in total. The Morgan fingerprint density at radius 3 is 2.95 bits per heavy atom. The third kappa shape index (κ3) is 4.06. The SMILES string of the molecule is CCCN(CC1CCCCN1)c1cc(=O)[nH]c(C)n1. The van der Waals surface area contributed by atoms with E-state index in [9.17, 15) is 4.79 Å². The van der Waals surface area contributed by atoms with Crippen molar-refractivity contribution in [1.82, 2.24) is 15.3 Å². The molecule has 2 rings (SSSR count). The van der Waals surface area contributed by atoms with Gasteiger partial charge in [0.05, 0.1) is 0 Å². The number of aromatic amines is 1. The highest BCUT2D eigenvalue weighted by Crippen LogP contribution is 2.13. The normalized spacial score (nSPS) is 19.4. The number of H-pyrrole nitrogens is 1. The number of hydrogen-bond donors (Lipinski definition) is 2. The Labute approximate surface area is 114 Å². The van der Waals surface area contributed by atoms with Crippen LogP contribution in [0, 0.1) is 6.92 Å². The van der Waals surface area contributed by atoms with Crippen LogP contribution in [0.5, 0.6) is 0 Å². The Morgan fingerprint density at radius 1 is 1.47 bits per heavy atom. The van der Waals surface area contributed by atoms with E-state index >= 15 is 0 Å². The summed E-state index contributed by atoms with van der Waals surface area (Å²) in [5, 5.41) is 3.55. The molecule has 0 saturated carbocycles. The largest absolute Gasteiger partial charge is 0.355 e. The highest BCUT2D eigenvalue weighted by Gasteiger charge is 2.17. The number of aromatic nitrogens is 2. The molecule has 0 amide bonds. The van der Waals surface area contributed by atoms with Crippen molar-refractivity contribution in [2.75, 3.05) is 24.5 Å². The lowest BCUT2D eigenvalue weighted by molar-refractivity contribution is 0.398. The molecule has 1 aliphatic rings. The summed E-state index contributed by atoms with van der Waals surface area (Å²) in [6, 6.07) is 2.12. The zero-order chi connectivity index (χ0) is 13.7. The Balaban J connectivity index is 2.11. The Kier molecular flexibility index (Phi) is 4.96. The van der Waals surface area contributed by atoms with E-state index in [1.165, 1.54) is 19.3 Å². The number of nitrogens with zero attached hydrogens (tertiary/aromatic N) is 2. The van der Waals surface area contributed by atoms with Crippen molar-refractivity contribution in [2.24, 2.45) is 0 Å². The van der Waals surface area contributed by atoms with E-state index in [-0.39, 0.29) is 5.56 Å². The molecule has 0 spiro atoms. The van der Waals surface area contributed by atoms with Crippen LogP contribution in [0.3, 0.4) is 0 Å². The van der Waals surface area contributed by atoms with Gasteiger partial charge in [0.25, 0.3) is 5.56 Å². The molecule has 1 aromatic rings. The van der Waals surface area contributed by atoms with Gasteiger partial charge in [-0.3, -0.25) is 4.79 Å². The zero-order valence-corrected chi connectivity index (χ0v) is 11.9. The number of aryl methyl sites for hydroxylation is 1. The number of anilines is 1. The van der Waals surface area contributed by atoms with Crippen LogP contribution in [0.25, 0.3) is 0 Å². The quantitative estimate of drug-likeness (QED) is 0.845. The predicted octanol–water partition coefficient (Wildman–Crippen LogP) is 1.44. The summed E-state index contributed by atoms with van der Waals surface area (Å²) in [6.45, 7) is 6.96. The fraction of sp³-hybridized carbons (Fsp3) is 0.714. The fourth-order valence-corrected chi connectivity index (χ4v) is 2.64. The first-order chi connectivity index (χ1) is 9.19. The van der Waals surface area contributed by atoms with Crippen molar-refractivity contribution in [1.29, 1.82) is 0 Å². The molecule has 0 aliphatic carbocycles. The second-order valence-electron chi connectivity index (χ2n) is 5.28. The summed E-state index contributed by atoms with van der Waals surface area (Å²) in [5.74, 6) is 1.48. The van der Waals surface area contributed by atoms with Crippen LogP contribution in [0.15, 0.2) is 10.9 Å². The Hall–Kier alpha value is -1.36. The van der Waals surface area contributed by atoms with Crippen molar-refractivity contribution in [3.63, 3.8) is 0 Å². The summed E-state index contributed by atoms with van der Waals surface area (Å²) < 4.78 is 0. The van der Waals surface area contributed by atoms with Gasteiger partial charge >= 0.3 is 0 Å². The molecule has 1 fully saturated rings. The molecule has 0 radical (unpaired) electrons. The summed E-state index contributed by atoms with van der Waals surface area (Å²) in [7, 11) is 0. The zero-order valence-electron chi connectivity index (χ0n) is 11.9. The molecule has 2 heterocycles. The third-order valence-corrected chi connectivity index (χ3v) is 3.52. The topological polar surface area (TPSA) is 61.0 Å². The number of piperidine rings is 1. The molecular weight excluding hydrogens is 240 g/mol. The minimum atomic E-state index is -0.0693. The van der Waals surface area contributed by atoms with Crippen molar-refractivity contribution in [3.8, 4) is 0 Å². The fourth-order valence-electron chi connectivity index (χ4n) is 2.64. The smallest absolute Gasteiger partial charge is 0.252 e. The molecule has 1 unspecified atom stereocenters. The summed E-state index contributed by atoms with van der Waals surface area (Å²) >= 11 is 0. The van der Waals surface area contributed by atoms with E-state index in [1.54, 1.807) is 6.07 Å². The molecule has 106 valence electrons. The highest BCUT2D eigenvalue weighted by molar-refractivity contribution is 5.37. The van der Waals surface area contributed by atoms with Crippen molar-refractivity contribution >= 4 is 5.82 Å².